The predicted molar refractivity (Wildman–Crippen MR) is 83.4 cm³/mol. The summed E-state index contributed by atoms with van der Waals surface area (Å²) >= 11 is 0. The van der Waals surface area contributed by atoms with Crippen molar-refractivity contribution in [1.29, 1.82) is 0 Å². The number of piperazine rings is 1. The molecule has 0 radical (unpaired) electrons. The standard InChI is InChI=1S/C16H23N3O2/c1-11-5-6-15(12(2)9-11)17-16(21)19-8-7-18(14(4)20)10-13(19)3/h5-6,9,13H,7-8,10H2,1-4H3,(H,17,21). The molecule has 2 rings (SSSR count). The Morgan fingerprint density at radius 2 is 1.95 bits per heavy atom. The first-order valence-corrected chi connectivity index (χ1v) is 7.29. The fraction of sp³-hybridized carbons (Fsp3) is 0.500. The Balaban J connectivity index is 2.02. The third-order valence-corrected chi connectivity index (χ3v) is 3.96. The number of amides is 3. The van der Waals surface area contributed by atoms with E-state index in [-0.39, 0.29) is 18.0 Å². The minimum absolute atomic E-state index is 0.0217. The zero-order valence-electron chi connectivity index (χ0n) is 13.1. The summed E-state index contributed by atoms with van der Waals surface area (Å²) in [5, 5.41) is 2.97. The Labute approximate surface area is 125 Å². The van der Waals surface area contributed by atoms with Crippen LogP contribution >= 0.6 is 0 Å². The Morgan fingerprint density at radius 1 is 1.24 bits per heavy atom. The largest absolute Gasteiger partial charge is 0.339 e. The summed E-state index contributed by atoms with van der Waals surface area (Å²) in [6, 6.07) is 5.89. The van der Waals surface area contributed by atoms with Gasteiger partial charge in [0.2, 0.25) is 5.91 Å². The van der Waals surface area contributed by atoms with Gasteiger partial charge in [0, 0.05) is 38.3 Å². The lowest BCUT2D eigenvalue weighted by atomic mass is 10.1. The van der Waals surface area contributed by atoms with E-state index in [4.69, 9.17) is 0 Å². The highest BCUT2D eigenvalue weighted by atomic mass is 16.2. The second-order valence-electron chi connectivity index (χ2n) is 5.76. The Kier molecular flexibility index (Phi) is 4.50. The molecule has 1 N–H and O–H groups in total. The second kappa shape index (κ2) is 6.16. The molecule has 21 heavy (non-hydrogen) atoms. The number of nitrogens with zero attached hydrogens (tertiary/aromatic N) is 2. The van der Waals surface area contributed by atoms with Crippen LogP contribution in [0.15, 0.2) is 18.2 Å². The van der Waals surface area contributed by atoms with Crippen molar-refractivity contribution in [3.05, 3.63) is 29.3 Å². The first kappa shape index (κ1) is 15.4. The van der Waals surface area contributed by atoms with Gasteiger partial charge in [-0.3, -0.25) is 4.79 Å². The van der Waals surface area contributed by atoms with Crippen molar-refractivity contribution in [2.75, 3.05) is 25.0 Å². The minimum atomic E-state index is -0.0994. The maximum Gasteiger partial charge on any atom is 0.322 e. The zero-order chi connectivity index (χ0) is 15.6. The van der Waals surface area contributed by atoms with E-state index in [9.17, 15) is 9.59 Å². The summed E-state index contributed by atoms with van der Waals surface area (Å²) in [5.41, 5.74) is 3.07. The van der Waals surface area contributed by atoms with Crippen molar-refractivity contribution < 1.29 is 9.59 Å². The Bertz CT molecular complexity index is 556. The molecule has 1 atom stereocenters. The molecule has 0 saturated carbocycles. The molecule has 0 spiro atoms. The molecule has 1 aromatic carbocycles. The van der Waals surface area contributed by atoms with E-state index in [2.05, 4.69) is 5.32 Å². The van der Waals surface area contributed by atoms with Gasteiger partial charge in [0.1, 0.15) is 0 Å². The van der Waals surface area contributed by atoms with Crippen LogP contribution in [0.3, 0.4) is 0 Å². The van der Waals surface area contributed by atoms with E-state index in [1.54, 1.807) is 16.7 Å². The molecule has 0 aliphatic carbocycles. The van der Waals surface area contributed by atoms with Gasteiger partial charge in [-0.25, -0.2) is 4.79 Å². The molecule has 5 nitrogen and oxygen atoms in total. The van der Waals surface area contributed by atoms with Gasteiger partial charge in [0.25, 0.3) is 0 Å². The number of anilines is 1. The van der Waals surface area contributed by atoms with Gasteiger partial charge in [-0.15, -0.1) is 0 Å². The molecule has 1 aliphatic rings. The number of rotatable bonds is 1. The van der Waals surface area contributed by atoms with Crippen LogP contribution in [-0.4, -0.2) is 47.4 Å². The topological polar surface area (TPSA) is 52.7 Å². The quantitative estimate of drug-likeness (QED) is 0.863. The predicted octanol–water partition coefficient (Wildman–Crippen LogP) is 2.39. The maximum atomic E-state index is 12.4. The molecule has 114 valence electrons. The van der Waals surface area contributed by atoms with E-state index in [1.165, 1.54) is 5.56 Å². The first-order valence-electron chi connectivity index (χ1n) is 7.29. The van der Waals surface area contributed by atoms with Crippen molar-refractivity contribution in [3.8, 4) is 0 Å². The number of hydrogen-bond acceptors (Lipinski definition) is 2. The molecule has 1 aliphatic heterocycles. The van der Waals surface area contributed by atoms with Crippen molar-refractivity contribution >= 4 is 17.6 Å². The molecule has 1 saturated heterocycles. The van der Waals surface area contributed by atoms with Gasteiger partial charge in [0.15, 0.2) is 0 Å². The lowest BCUT2D eigenvalue weighted by Gasteiger charge is -2.39. The third-order valence-electron chi connectivity index (χ3n) is 3.96. The molecule has 1 unspecified atom stereocenters. The molecular weight excluding hydrogens is 266 g/mol. The summed E-state index contributed by atoms with van der Waals surface area (Å²) in [7, 11) is 0. The molecule has 0 aromatic heterocycles. The van der Waals surface area contributed by atoms with Crippen LogP contribution in [0.1, 0.15) is 25.0 Å². The minimum Gasteiger partial charge on any atom is -0.339 e. The van der Waals surface area contributed by atoms with E-state index < -0.39 is 0 Å². The van der Waals surface area contributed by atoms with Crippen LogP contribution in [0.4, 0.5) is 10.5 Å². The van der Waals surface area contributed by atoms with E-state index in [1.807, 2.05) is 39.0 Å². The number of nitrogens with one attached hydrogen (secondary N) is 1. The van der Waals surface area contributed by atoms with Gasteiger partial charge in [0.05, 0.1) is 0 Å². The molecule has 1 heterocycles. The van der Waals surface area contributed by atoms with Gasteiger partial charge in [-0.05, 0) is 32.4 Å². The molecule has 3 amide bonds. The average molecular weight is 289 g/mol. The molecular formula is C16H23N3O2. The van der Waals surface area contributed by atoms with Crippen LogP contribution in [-0.2, 0) is 4.79 Å². The van der Waals surface area contributed by atoms with Crippen LogP contribution < -0.4 is 5.32 Å². The highest BCUT2D eigenvalue weighted by Gasteiger charge is 2.28. The summed E-state index contributed by atoms with van der Waals surface area (Å²) in [4.78, 5) is 27.4. The van der Waals surface area contributed by atoms with E-state index >= 15 is 0 Å². The SMILES string of the molecule is CC(=O)N1CCN(C(=O)Nc2ccc(C)cc2C)C(C)C1. The normalized spacial score (nSPS) is 18.6. The Hall–Kier alpha value is -2.04. The van der Waals surface area contributed by atoms with Gasteiger partial charge < -0.3 is 15.1 Å². The molecule has 1 fully saturated rings. The molecule has 5 heteroatoms. The monoisotopic (exact) mass is 289 g/mol. The van der Waals surface area contributed by atoms with Crippen LogP contribution in [0.25, 0.3) is 0 Å². The number of carbonyl (C=O) groups is 2. The number of benzene rings is 1. The number of aryl methyl sites for hydroxylation is 2. The number of carbonyl (C=O) groups excluding carboxylic acids is 2. The van der Waals surface area contributed by atoms with Crippen molar-refractivity contribution in [1.82, 2.24) is 9.80 Å². The lowest BCUT2D eigenvalue weighted by molar-refractivity contribution is -0.131. The van der Waals surface area contributed by atoms with Crippen molar-refractivity contribution in [2.24, 2.45) is 0 Å². The van der Waals surface area contributed by atoms with Crippen molar-refractivity contribution in [3.63, 3.8) is 0 Å². The smallest absolute Gasteiger partial charge is 0.322 e. The highest BCUT2D eigenvalue weighted by Crippen LogP contribution is 2.18. The fourth-order valence-corrected chi connectivity index (χ4v) is 2.69. The summed E-state index contributed by atoms with van der Waals surface area (Å²) in [6.07, 6.45) is 0. The lowest BCUT2D eigenvalue weighted by Crippen LogP contribution is -2.56. The van der Waals surface area contributed by atoms with Crippen LogP contribution in [0, 0.1) is 13.8 Å². The maximum absolute atomic E-state index is 12.4. The average Bonchev–Trinajstić information content (AvgIpc) is 2.41. The van der Waals surface area contributed by atoms with Crippen LogP contribution in [0.2, 0.25) is 0 Å². The summed E-state index contributed by atoms with van der Waals surface area (Å²) in [5.74, 6) is 0.0660. The Morgan fingerprint density at radius 3 is 2.52 bits per heavy atom. The van der Waals surface area contributed by atoms with Crippen molar-refractivity contribution in [2.45, 2.75) is 33.7 Å². The van der Waals surface area contributed by atoms with Crippen LogP contribution in [0.5, 0.6) is 0 Å². The highest BCUT2D eigenvalue weighted by molar-refractivity contribution is 5.90. The fourth-order valence-electron chi connectivity index (χ4n) is 2.69. The third kappa shape index (κ3) is 3.54. The zero-order valence-corrected chi connectivity index (χ0v) is 13.1. The molecule has 1 aromatic rings. The van der Waals surface area contributed by atoms with Gasteiger partial charge >= 0.3 is 6.03 Å². The molecule has 0 bridgehead atoms. The summed E-state index contributed by atoms with van der Waals surface area (Å²) < 4.78 is 0. The first-order chi connectivity index (χ1) is 9.88. The second-order valence-corrected chi connectivity index (χ2v) is 5.76. The van der Waals surface area contributed by atoms with E-state index in [0.717, 1.165) is 11.3 Å². The summed E-state index contributed by atoms with van der Waals surface area (Å²) in [6.45, 7) is 9.31. The van der Waals surface area contributed by atoms with Gasteiger partial charge in [-0.1, -0.05) is 17.7 Å². The van der Waals surface area contributed by atoms with E-state index in [0.29, 0.717) is 19.6 Å². The van der Waals surface area contributed by atoms with Gasteiger partial charge in [-0.2, -0.15) is 0 Å². The number of urea groups is 1. The number of hydrogen-bond donors (Lipinski definition) is 1.